The lowest BCUT2D eigenvalue weighted by molar-refractivity contribution is -0.131. The van der Waals surface area contributed by atoms with Crippen molar-refractivity contribution < 1.29 is 32.6 Å². The normalized spacial score (nSPS) is 13.2. The van der Waals surface area contributed by atoms with Gasteiger partial charge in [0.25, 0.3) is 0 Å². The van der Waals surface area contributed by atoms with Gasteiger partial charge in [-0.25, -0.2) is 8.78 Å². The Morgan fingerprint density at radius 3 is 2.29 bits per heavy atom. The smallest absolute Gasteiger partial charge is 0.240 e. The van der Waals surface area contributed by atoms with Crippen LogP contribution >= 0.6 is 12.6 Å². The third kappa shape index (κ3) is 7.81. The first kappa shape index (κ1) is 32.0. The number of halogens is 2. The van der Waals surface area contributed by atoms with Gasteiger partial charge in [0.1, 0.15) is 23.6 Å². The summed E-state index contributed by atoms with van der Waals surface area (Å²) in [5, 5.41) is 9.19. The van der Waals surface area contributed by atoms with E-state index in [0.29, 0.717) is 59.8 Å². The molecule has 0 saturated heterocycles. The first-order chi connectivity index (χ1) is 21.8. The minimum Gasteiger partial charge on any atom is -0.493 e. The van der Waals surface area contributed by atoms with Gasteiger partial charge >= 0.3 is 0 Å². The lowest BCUT2D eigenvalue weighted by Crippen LogP contribution is -2.35. The molecule has 1 aliphatic carbocycles. The Labute approximate surface area is 265 Å². The first-order valence-electron chi connectivity index (χ1n) is 14.6. The Hall–Kier alpha value is -4.42. The summed E-state index contributed by atoms with van der Waals surface area (Å²) in [5.74, 6) is -0.0593. The number of fused-ring (bicyclic) bond motifs is 1. The summed E-state index contributed by atoms with van der Waals surface area (Å²) in [5.41, 5.74) is -0.158. The molecule has 1 fully saturated rings. The summed E-state index contributed by atoms with van der Waals surface area (Å²) < 4.78 is 45.8. The van der Waals surface area contributed by atoms with Crippen molar-refractivity contribution in [1.82, 2.24) is 10.3 Å². The first-order valence-corrected chi connectivity index (χ1v) is 15.2. The Bertz CT molecular complexity index is 1670. The predicted molar refractivity (Wildman–Crippen MR) is 172 cm³/mol. The number of rotatable bonds is 15. The fourth-order valence-electron chi connectivity index (χ4n) is 4.71. The molecule has 0 radical (unpaired) electrons. The molecule has 236 valence electrons. The minimum atomic E-state index is -1.28. The molecule has 0 atom stereocenters. The van der Waals surface area contributed by atoms with Crippen LogP contribution < -0.4 is 30.2 Å². The van der Waals surface area contributed by atoms with E-state index in [1.165, 1.54) is 43.5 Å². The molecule has 45 heavy (non-hydrogen) atoms. The van der Waals surface area contributed by atoms with E-state index < -0.39 is 28.9 Å². The van der Waals surface area contributed by atoms with E-state index in [1.807, 2.05) is 0 Å². The number of nitrogens with zero attached hydrogens (tertiary/aromatic N) is 1. The average molecular weight is 637 g/mol. The van der Waals surface area contributed by atoms with E-state index in [9.17, 15) is 14.0 Å². The number of hydrogen-bond donors (Lipinski definition) is 4. The Morgan fingerprint density at radius 2 is 1.60 bits per heavy atom. The van der Waals surface area contributed by atoms with E-state index in [-0.39, 0.29) is 11.4 Å². The van der Waals surface area contributed by atoms with Gasteiger partial charge in [0.2, 0.25) is 11.8 Å². The minimum absolute atomic E-state index is 0.0704. The van der Waals surface area contributed by atoms with Crippen molar-refractivity contribution in [1.29, 1.82) is 0 Å². The van der Waals surface area contributed by atoms with Gasteiger partial charge in [-0.1, -0.05) is 0 Å². The lowest BCUT2D eigenvalue weighted by Gasteiger charge is -2.16. The number of nitrogens with one attached hydrogen (secondary N) is 3. The molecule has 4 aromatic rings. The number of benzene rings is 3. The topological polar surface area (TPSA) is 111 Å². The zero-order valence-electron chi connectivity index (χ0n) is 24.7. The van der Waals surface area contributed by atoms with Crippen LogP contribution in [0.5, 0.6) is 23.0 Å². The molecule has 3 aromatic carbocycles. The molecule has 2 amide bonds. The average Bonchev–Trinajstić information content (AvgIpc) is 3.85. The van der Waals surface area contributed by atoms with Crippen LogP contribution in [0.2, 0.25) is 0 Å². The molecule has 5 rings (SSSR count). The molecular formula is C33H34F2N4O5S. The third-order valence-corrected chi connectivity index (χ3v) is 7.73. The second-order valence-corrected chi connectivity index (χ2v) is 11.1. The van der Waals surface area contributed by atoms with E-state index in [2.05, 4.69) is 33.6 Å². The van der Waals surface area contributed by atoms with E-state index in [0.717, 1.165) is 31.2 Å². The van der Waals surface area contributed by atoms with Crippen molar-refractivity contribution in [2.75, 3.05) is 43.2 Å². The van der Waals surface area contributed by atoms with Crippen molar-refractivity contribution in [3.63, 3.8) is 0 Å². The Morgan fingerprint density at radius 1 is 0.867 bits per heavy atom. The number of pyridine rings is 1. The standard InChI is InChI=1S/C33H34F2N4O5S/c1-42-29-19-24-26(20-30(29)43-16-15-36-13-2-3-17-45)37-14-10-27(24)44-28-9-8-23(18-25(28)35)39-32(41)33(11-12-33)31(40)38-22-6-4-21(34)5-7-22/h4-10,14,18-20,36,45H,2-3,11-13,15-17H2,1H3,(H,38,40)(H,39,41). The van der Waals surface area contributed by atoms with Gasteiger partial charge in [0.05, 0.1) is 12.6 Å². The summed E-state index contributed by atoms with van der Waals surface area (Å²) in [6.45, 7) is 2.00. The van der Waals surface area contributed by atoms with Gasteiger partial charge in [-0.05, 0) is 86.5 Å². The summed E-state index contributed by atoms with van der Waals surface area (Å²) in [7, 11) is 1.53. The lowest BCUT2D eigenvalue weighted by atomic mass is 10.0. The molecule has 0 bridgehead atoms. The maximum atomic E-state index is 15.2. The van der Waals surface area contributed by atoms with Crippen LogP contribution in [0.1, 0.15) is 25.7 Å². The zero-order chi connectivity index (χ0) is 31.8. The van der Waals surface area contributed by atoms with Crippen molar-refractivity contribution >= 4 is 46.7 Å². The maximum Gasteiger partial charge on any atom is 0.240 e. The van der Waals surface area contributed by atoms with Crippen LogP contribution in [0.3, 0.4) is 0 Å². The fourth-order valence-corrected chi connectivity index (χ4v) is 4.93. The molecule has 0 spiro atoms. The Balaban J connectivity index is 1.23. The number of carbonyl (C=O) groups excluding carboxylic acids is 2. The van der Waals surface area contributed by atoms with Gasteiger partial charge in [0, 0.05) is 41.6 Å². The van der Waals surface area contributed by atoms with Crippen molar-refractivity contribution in [3.05, 3.63) is 78.5 Å². The SMILES string of the molecule is COc1cc2c(Oc3ccc(NC(=O)C4(C(=O)Nc5ccc(F)cc5)CC4)cc3F)ccnc2cc1OCCNCCCCS. The molecule has 3 N–H and O–H groups in total. The van der Waals surface area contributed by atoms with Crippen LogP contribution in [0.25, 0.3) is 10.9 Å². The molecule has 0 unspecified atom stereocenters. The fraction of sp³-hybridized carbons (Fsp3) is 0.303. The Kier molecular flexibility index (Phi) is 10.4. The van der Waals surface area contributed by atoms with Crippen molar-refractivity contribution in [3.8, 4) is 23.0 Å². The largest absolute Gasteiger partial charge is 0.493 e. The van der Waals surface area contributed by atoms with Crippen molar-refractivity contribution in [2.24, 2.45) is 5.41 Å². The molecule has 1 heterocycles. The van der Waals surface area contributed by atoms with E-state index in [4.69, 9.17) is 14.2 Å². The summed E-state index contributed by atoms with van der Waals surface area (Å²) in [6, 6.07) is 14.4. The van der Waals surface area contributed by atoms with Crippen LogP contribution in [-0.2, 0) is 9.59 Å². The van der Waals surface area contributed by atoms with Crippen molar-refractivity contribution in [2.45, 2.75) is 25.7 Å². The highest BCUT2D eigenvalue weighted by molar-refractivity contribution is 7.80. The third-order valence-electron chi connectivity index (χ3n) is 7.42. The molecule has 0 aliphatic heterocycles. The van der Waals surface area contributed by atoms with Gasteiger partial charge in [0.15, 0.2) is 23.1 Å². The van der Waals surface area contributed by atoms with Gasteiger partial charge < -0.3 is 30.2 Å². The number of anilines is 2. The zero-order valence-corrected chi connectivity index (χ0v) is 25.6. The van der Waals surface area contributed by atoms with Crippen LogP contribution in [0.15, 0.2) is 66.9 Å². The molecule has 9 nitrogen and oxygen atoms in total. The highest BCUT2D eigenvalue weighted by Gasteiger charge is 2.56. The molecule has 1 saturated carbocycles. The highest BCUT2D eigenvalue weighted by Crippen LogP contribution is 2.47. The monoisotopic (exact) mass is 636 g/mol. The van der Waals surface area contributed by atoms with E-state index >= 15 is 4.39 Å². The summed E-state index contributed by atoms with van der Waals surface area (Å²) >= 11 is 4.22. The number of unbranched alkanes of at least 4 members (excludes halogenated alkanes) is 1. The number of thiol groups is 1. The van der Waals surface area contributed by atoms with Gasteiger partial charge in [-0.3, -0.25) is 14.6 Å². The molecule has 1 aliphatic rings. The van der Waals surface area contributed by atoms with E-state index in [1.54, 1.807) is 24.4 Å². The number of carbonyl (C=O) groups is 2. The molecule has 12 heteroatoms. The quantitative estimate of drug-likeness (QED) is 0.0684. The van der Waals surface area contributed by atoms with Crippen LogP contribution in [-0.4, -0.2) is 49.4 Å². The second kappa shape index (κ2) is 14.6. The van der Waals surface area contributed by atoms with Crippen LogP contribution in [0.4, 0.5) is 20.2 Å². The summed E-state index contributed by atoms with van der Waals surface area (Å²) in [4.78, 5) is 30.3. The summed E-state index contributed by atoms with van der Waals surface area (Å²) in [6.07, 6.45) is 4.34. The number of aromatic nitrogens is 1. The number of hydrogen-bond acceptors (Lipinski definition) is 8. The maximum absolute atomic E-state index is 15.2. The van der Waals surface area contributed by atoms with Gasteiger partial charge in [-0.15, -0.1) is 0 Å². The number of methoxy groups -OCH3 is 1. The number of amides is 2. The van der Waals surface area contributed by atoms with Gasteiger partial charge in [-0.2, -0.15) is 12.6 Å². The number of ether oxygens (including phenoxy) is 3. The predicted octanol–water partition coefficient (Wildman–Crippen LogP) is 6.35. The molecule has 1 aromatic heterocycles. The highest BCUT2D eigenvalue weighted by atomic mass is 32.1. The van der Waals surface area contributed by atoms with Crippen LogP contribution in [0, 0.1) is 17.0 Å². The molecular weight excluding hydrogens is 602 g/mol. The second-order valence-electron chi connectivity index (χ2n) is 10.6.